The molecule has 0 aliphatic heterocycles. The van der Waals surface area contributed by atoms with Crippen molar-refractivity contribution in [3.8, 4) is 11.8 Å². The predicted octanol–water partition coefficient (Wildman–Crippen LogP) is 2.07. The maximum absolute atomic E-state index is 12.8. The molecule has 3 N–H and O–H groups in total. The van der Waals surface area contributed by atoms with Crippen LogP contribution in [0, 0.1) is 17.7 Å². The molecular formula is C17H15FN2O. The smallest absolute Gasteiger partial charge is 0.251 e. The molecule has 0 radical (unpaired) electrons. The molecule has 0 aromatic heterocycles. The van der Waals surface area contributed by atoms with Gasteiger partial charge in [0.1, 0.15) is 5.82 Å². The number of halogens is 1. The summed E-state index contributed by atoms with van der Waals surface area (Å²) in [5.41, 5.74) is 7.58. The van der Waals surface area contributed by atoms with Crippen molar-refractivity contribution in [2.45, 2.75) is 6.54 Å². The molecule has 2 rings (SSSR count). The van der Waals surface area contributed by atoms with Crippen LogP contribution in [-0.2, 0) is 6.54 Å². The topological polar surface area (TPSA) is 55.1 Å². The number of rotatable bonds is 3. The minimum atomic E-state index is -0.360. The summed E-state index contributed by atoms with van der Waals surface area (Å²) >= 11 is 0. The molecule has 0 saturated carbocycles. The van der Waals surface area contributed by atoms with Crippen molar-refractivity contribution in [3.05, 3.63) is 71.0 Å². The lowest BCUT2D eigenvalue weighted by molar-refractivity contribution is 0.0951. The average Bonchev–Trinajstić information content (AvgIpc) is 2.52. The van der Waals surface area contributed by atoms with Crippen LogP contribution in [0.4, 0.5) is 4.39 Å². The quantitative estimate of drug-likeness (QED) is 0.847. The zero-order valence-electron chi connectivity index (χ0n) is 11.4. The number of hydrogen-bond donors (Lipinski definition) is 2. The highest BCUT2D eigenvalue weighted by molar-refractivity contribution is 5.94. The number of amides is 1. The zero-order valence-corrected chi connectivity index (χ0v) is 11.4. The second-order valence-corrected chi connectivity index (χ2v) is 4.39. The van der Waals surface area contributed by atoms with Gasteiger partial charge >= 0.3 is 0 Å². The van der Waals surface area contributed by atoms with Gasteiger partial charge in [-0.25, -0.2) is 4.39 Å². The summed E-state index contributed by atoms with van der Waals surface area (Å²) in [6.07, 6.45) is 0. The lowest BCUT2D eigenvalue weighted by Crippen LogP contribution is -2.22. The Bertz CT molecular complexity index is 667. The van der Waals surface area contributed by atoms with E-state index in [4.69, 9.17) is 5.73 Å². The van der Waals surface area contributed by atoms with E-state index in [9.17, 15) is 9.18 Å². The molecule has 3 nitrogen and oxygen atoms in total. The van der Waals surface area contributed by atoms with Gasteiger partial charge in [0.05, 0.1) is 6.54 Å². The Morgan fingerprint density at radius 2 is 1.76 bits per heavy atom. The molecule has 0 unspecified atom stereocenters. The van der Waals surface area contributed by atoms with Crippen LogP contribution in [0.5, 0.6) is 0 Å². The fourth-order valence-corrected chi connectivity index (χ4v) is 1.74. The normalized spacial score (nSPS) is 9.62. The van der Waals surface area contributed by atoms with Crippen LogP contribution in [0.1, 0.15) is 21.5 Å². The summed E-state index contributed by atoms with van der Waals surface area (Å²) in [7, 11) is 0. The molecule has 2 aromatic rings. The zero-order chi connectivity index (χ0) is 15.1. The van der Waals surface area contributed by atoms with E-state index in [1.54, 1.807) is 0 Å². The van der Waals surface area contributed by atoms with Gasteiger partial charge in [0.15, 0.2) is 0 Å². The minimum absolute atomic E-state index is 0.234. The van der Waals surface area contributed by atoms with E-state index in [-0.39, 0.29) is 11.7 Å². The SMILES string of the molecule is NCC#Cc1ccc(CNC(=O)c2ccc(F)cc2)cc1. The monoisotopic (exact) mass is 282 g/mol. The van der Waals surface area contributed by atoms with Crippen LogP contribution in [0.3, 0.4) is 0 Å². The van der Waals surface area contributed by atoms with Gasteiger partial charge in [-0.3, -0.25) is 4.79 Å². The predicted molar refractivity (Wildman–Crippen MR) is 79.9 cm³/mol. The molecule has 106 valence electrons. The average molecular weight is 282 g/mol. The lowest BCUT2D eigenvalue weighted by Gasteiger charge is -2.05. The Balaban J connectivity index is 1.93. The number of carbonyl (C=O) groups excluding carboxylic acids is 1. The fourth-order valence-electron chi connectivity index (χ4n) is 1.74. The van der Waals surface area contributed by atoms with Gasteiger partial charge < -0.3 is 11.1 Å². The third-order valence-electron chi connectivity index (χ3n) is 2.85. The third kappa shape index (κ3) is 4.44. The van der Waals surface area contributed by atoms with Gasteiger partial charge in [-0.05, 0) is 42.0 Å². The number of benzene rings is 2. The molecule has 0 bridgehead atoms. The van der Waals surface area contributed by atoms with Crippen molar-refractivity contribution in [1.82, 2.24) is 5.32 Å². The molecular weight excluding hydrogens is 267 g/mol. The van der Waals surface area contributed by atoms with E-state index >= 15 is 0 Å². The Kier molecular flexibility index (Phi) is 5.08. The molecule has 1 amide bonds. The molecule has 4 heteroatoms. The number of nitrogens with one attached hydrogen (secondary N) is 1. The summed E-state index contributed by atoms with van der Waals surface area (Å²) in [5, 5.41) is 2.78. The largest absolute Gasteiger partial charge is 0.348 e. The van der Waals surface area contributed by atoms with Crippen molar-refractivity contribution in [3.63, 3.8) is 0 Å². The third-order valence-corrected chi connectivity index (χ3v) is 2.85. The van der Waals surface area contributed by atoms with Gasteiger partial charge in [-0.15, -0.1) is 0 Å². The first-order valence-electron chi connectivity index (χ1n) is 6.50. The van der Waals surface area contributed by atoms with Crippen molar-refractivity contribution >= 4 is 5.91 Å². The van der Waals surface area contributed by atoms with E-state index in [0.29, 0.717) is 18.7 Å². The molecule has 0 spiro atoms. The highest BCUT2D eigenvalue weighted by Crippen LogP contribution is 2.05. The Hall–Kier alpha value is -2.64. The molecule has 0 saturated heterocycles. The Morgan fingerprint density at radius 1 is 1.10 bits per heavy atom. The summed E-state index contributed by atoms with van der Waals surface area (Å²) in [4.78, 5) is 11.9. The van der Waals surface area contributed by atoms with Crippen molar-refractivity contribution in [2.24, 2.45) is 5.73 Å². The van der Waals surface area contributed by atoms with Crippen molar-refractivity contribution < 1.29 is 9.18 Å². The van der Waals surface area contributed by atoms with Crippen LogP contribution in [0.25, 0.3) is 0 Å². The molecule has 0 aliphatic rings. The molecule has 0 fully saturated rings. The maximum atomic E-state index is 12.8. The van der Waals surface area contributed by atoms with Crippen LogP contribution in [0.2, 0.25) is 0 Å². The Morgan fingerprint density at radius 3 is 2.38 bits per heavy atom. The highest BCUT2D eigenvalue weighted by atomic mass is 19.1. The van der Waals surface area contributed by atoms with Crippen LogP contribution < -0.4 is 11.1 Å². The number of nitrogens with two attached hydrogens (primary N) is 1. The summed E-state index contributed by atoms with van der Waals surface area (Å²) < 4.78 is 12.8. The summed E-state index contributed by atoms with van der Waals surface area (Å²) in [6.45, 7) is 0.732. The molecule has 0 aliphatic carbocycles. The first-order chi connectivity index (χ1) is 10.2. The lowest BCUT2D eigenvalue weighted by atomic mass is 10.1. The van der Waals surface area contributed by atoms with E-state index in [2.05, 4.69) is 17.2 Å². The molecule has 2 aromatic carbocycles. The van der Waals surface area contributed by atoms with Gasteiger partial charge in [-0.1, -0.05) is 24.0 Å². The van der Waals surface area contributed by atoms with E-state index in [0.717, 1.165) is 11.1 Å². The standard InChI is InChI=1S/C17H15FN2O/c18-16-9-7-15(8-10-16)17(21)20-12-14-5-3-13(4-6-14)2-1-11-19/h3-10H,11-12,19H2,(H,20,21). The first-order valence-corrected chi connectivity index (χ1v) is 6.50. The number of carbonyl (C=O) groups is 1. The highest BCUT2D eigenvalue weighted by Gasteiger charge is 2.04. The van der Waals surface area contributed by atoms with Gasteiger partial charge in [0.2, 0.25) is 0 Å². The second kappa shape index (κ2) is 7.22. The molecule has 0 atom stereocenters. The molecule has 0 heterocycles. The Labute approximate surface area is 123 Å². The van der Waals surface area contributed by atoms with Crippen molar-refractivity contribution in [2.75, 3.05) is 6.54 Å². The van der Waals surface area contributed by atoms with Gasteiger partial charge in [0, 0.05) is 17.7 Å². The summed E-state index contributed by atoms with van der Waals surface area (Å²) in [6, 6.07) is 13.0. The van der Waals surface area contributed by atoms with Crippen LogP contribution in [-0.4, -0.2) is 12.5 Å². The van der Waals surface area contributed by atoms with Crippen LogP contribution >= 0.6 is 0 Å². The first kappa shape index (κ1) is 14.8. The fraction of sp³-hybridized carbons (Fsp3) is 0.118. The van der Waals surface area contributed by atoms with Crippen LogP contribution in [0.15, 0.2) is 48.5 Å². The molecule has 21 heavy (non-hydrogen) atoms. The minimum Gasteiger partial charge on any atom is -0.348 e. The van der Waals surface area contributed by atoms with Crippen molar-refractivity contribution in [1.29, 1.82) is 0 Å². The van der Waals surface area contributed by atoms with E-state index < -0.39 is 0 Å². The van der Waals surface area contributed by atoms with E-state index in [1.165, 1.54) is 24.3 Å². The van der Waals surface area contributed by atoms with Gasteiger partial charge in [-0.2, -0.15) is 0 Å². The van der Waals surface area contributed by atoms with E-state index in [1.807, 2.05) is 24.3 Å². The maximum Gasteiger partial charge on any atom is 0.251 e. The number of hydrogen-bond acceptors (Lipinski definition) is 2. The summed E-state index contributed by atoms with van der Waals surface area (Å²) in [5.74, 6) is 5.11. The van der Waals surface area contributed by atoms with Gasteiger partial charge in [0.25, 0.3) is 5.91 Å². The second-order valence-electron chi connectivity index (χ2n) is 4.39.